The quantitative estimate of drug-likeness (QED) is 0.492. The summed E-state index contributed by atoms with van der Waals surface area (Å²) in [5.74, 6) is 0.389. The highest BCUT2D eigenvalue weighted by Crippen LogP contribution is 2.12. The maximum absolute atomic E-state index is 8.67. The molecule has 2 heteroatoms. The van der Waals surface area contributed by atoms with Crippen molar-refractivity contribution >= 4 is 0 Å². The third-order valence-electron chi connectivity index (χ3n) is 1.83. The molecule has 2 nitrogen and oxygen atoms in total. The van der Waals surface area contributed by atoms with Gasteiger partial charge in [0.2, 0.25) is 0 Å². The van der Waals surface area contributed by atoms with Gasteiger partial charge in [0.1, 0.15) is 0 Å². The van der Waals surface area contributed by atoms with Gasteiger partial charge in [-0.15, -0.1) is 0 Å². The van der Waals surface area contributed by atoms with E-state index in [-0.39, 0.29) is 0 Å². The molecule has 2 N–H and O–H groups in total. The number of hydrogen-bond donors (Lipinski definition) is 2. The highest BCUT2D eigenvalue weighted by atomic mass is 16.5. The third kappa shape index (κ3) is 7.76. The average Bonchev–Trinajstić information content (AvgIpc) is 1.84. The van der Waals surface area contributed by atoms with Crippen LogP contribution < -0.4 is 0 Å². The lowest BCUT2D eigenvalue weighted by Crippen LogP contribution is -2.09. The van der Waals surface area contributed by atoms with E-state index in [1.54, 1.807) is 0 Å². The van der Waals surface area contributed by atoms with Gasteiger partial charge in [0.05, 0.1) is 0 Å². The van der Waals surface area contributed by atoms with Gasteiger partial charge >= 0.3 is 0 Å². The molecule has 0 radical (unpaired) electrons. The molecule has 0 aliphatic carbocycles. The number of aliphatic hydroxyl groups excluding tert-OH is 1. The molecule has 0 aliphatic rings. The summed E-state index contributed by atoms with van der Waals surface area (Å²) < 4.78 is 0. The Kier molecular flexibility index (Phi) is 6.03. The van der Waals surface area contributed by atoms with E-state index >= 15 is 0 Å². The van der Waals surface area contributed by atoms with Crippen LogP contribution in [0.4, 0.5) is 0 Å². The van der Waals surface area contributed by atoms with Crippen molar-refractivity contribution in [3.63, 3.8) is 0 Å². The first-order chi connectivity index (χ1) is 5.52. The number of rotatable bonds is 5. The van der Waals surface area contributed by atoms with Crippen molar-refractivity contribution in [2.45, 2.75) is 46.3 Å². The third-order valence-corrected chi connectivity index (χ3v) is 1.83. The fourth-order valence-electron chi connectivity index (χ4n) is 1.13. The van der Waals surface area contributed by atoms with E-state index in [1.807, 2.05) is 6.92 Å². The van der Waals surface area contributed by atoms with Crippen molar-refractivity contribution in [2.24, 2.45) is 5.92 Å². The summed E-state index contributed by atoms with van der Waals surface area (Å²) in [6.45, 7) is 6.19. The average molecular weight is 172 g/mol. The topological polar surface area (TPSA) is 40.5 Å². The summed E-state index contributed by atoms with van der Waals surface area (Å²) in [6.07, 6.45) is 3.59. The molecule has 0 amide bonds. The molecule has 0 saturated heterocycles. The Labute approximate surface area is 74.9 Å². The minimum absolute atomic E-state index is 0.389. The van der Waals surface area contributed by atoms with E-state index in [9.17, 15) is 0 Å². The van der Waals surface area contributed by atoms with E-state index < -0.39 is 6.29 Å². The van der Waals surface area contributed by atoms with Gasteiger partial charge in [-0.1, -0.05) is 18.6 Å². The molecule has 0 unspecified atom stereocenters. The molecular weight excluding hydrogens is 152 g/mol. The molecule has 72 valence electrons. The Balaban J connectivity index is 3.44. The van der Waals surface area contributed by atoms with Crippen LogP contribution >= 0.6 is 0 Å². The Morgan fingerprint density at radius 3 is 2.33 bits per heavy atom. The Morgan fingerprint density at radius 2 is 1.92 bits per heavy atom. The predicted octanol–water partition coefficient (Wildman–Crippen LogP) is 2.07. The van der Waals surface area contributed by atoms with Crippen LogP contribution in [0.25, 0.3) is 0 Å². The molecule has 0 aromatic rings. The minimum atomic E-state index is -1.15. The van der Waals surface area contributed by atoms with Crippen LogP contribution in [0.2, 0.25) is 0 Å². The Hall–Kier alpha value is -0.340. The van der Waals surface area contributed by atoms with Crippen molar-refractivity contribution in [1.82, 2.24) is 0 Å². The van der Waals surface area contributed by atoms with Gasteiger partial charge in [-0.05, 0) is 32.6 Å². The number of hydrogen-bond acceptors (Lipinski definition) is 2. The van der Waals surface area contributed by atoms with Crippen LogP contribution in [0.1, 0.15) is 40.0 Å². The monoisotopic (exact) mass is 172 g/mol. The lowest BCUT2D eigenvalue weighted by molar-refractivity contribution is -0.0549. The van der Waals surface area contributed by atoms with E-state index in [1.165, 1.54) is 5.57 Å². The molecular formula is C10H20O2. The number of allylic oxidation sites excluding steroid dienone is 2. The van der Waals surface area contributed by atoms with Crippen molar-refractivity contribution in [3.8, 4) is 0 Å². The number of aliphatic hydroxyl groups is 2. The highest BCUT2D eigenvalue weighted by molar-refractivity contribution is 4.92. The van der Waals surface area contributed by atoms with Gasteiger partial charge in [0, 0.05) is 6.42 Å². The highest BCUT2D eigenvalue weighted by Gasteiger charge is 2.05. The van der Waals surface area contributed by atoms with E-state index in [4.69, 9.17) is 10.2 Å². The first-order valence-electron chi connectivity index (χ1n) is 4.52. The second-order valence-electron chi connectivity index (χ2n) is 3.68. The van der Waals surface area contributed by atoms with Crippen LogP contribution in [0, 0.1) is 5.92 Å². The van der Waals surface area contributed by atoms with Crippen LogP contribution in [-0.4, -0.2) is 16.5 Å². The largest absolute Gasteiger partial charge is 0.368 e. The summed E-state index contributed by atoms with van der Waals surface area (Å²) in [7, 11) is 0. The lowest BCUT2D eigenvalue weighted by Gasteiger charge is -2.10. The molecule has 0 aromatic heterocycles. The molecule has 1 atom stereocenters. The van der Waals surface area contributed by atoms with Gasteiger partial charge in [0.25, 0.3) is 0 Å². The summed E-state index contributed by atoms with van der Waals surface area (Å²) in [4.78, 5) is 0. The van der Waals surface area contributed by atoms with Gasteiger partial charge in [-0.2, -0.15) is 0 Å². The maximum Gasteiger partial charge on any atom is 0.151 e. The fourth-order valence-corrected chi connectivity index (χ4v) is 1.13. The van der Waals surface area contributed by atoms with Crippen molar-refractivity contribution < 1.29 is 10.2 Å². The molecule has 0 bridgehead atoms. The Bertz CT molecular complexity index is 135. The standard InChI is InChI=1S/C10H20O2/c1-8(2)5-4-6-9(3)7-10(11)12/h5,9-12H,4,6-7H2,1-3H3/t9-/m0/s1. The molecule has 12 heavy (non-hydrogen) atoms. The van der Waals surface area contributed by atoms with Crippen molar-refractivity contribution in [1.29, 1.82) is 0 Å². The van der Waals surface area contributed by atoms with E-state index in [0.717, 1.165) is 12.8 Å². The molecule has 0 fully saturated rings. The lowest BCUT2D eigenvalue weighted by atomic mass is 10.0. The van der Waals surface area contributed by atoms with Crippen LogP contribution in [0.5, 0.6) is 0 Å². The SMILES string of the molecule is CC(C)=CCC[C@H](C)CC(O)O. The molecule has 0 aromatic carbocycles. The van der Waals surface area contributed by atoms with E-state index in [2.05, 4.69) is 19.9 Å². The molecule has 0 aliphatic heterocycles. The smallest absolute Gasteiger partial charge is 0.151 e. The van der Waals surface area contributed by atoms with Gasteiger partial charge in [-0.3, -0.25) is 0 Å². The van der Waals surface area contributed by atoms with E-state index in [0.29, 0.717) is 12.3 Å². The zero-order valence-electron chi connectivity index (χ0n) is 8.25. The van der Waals surface area contributed by atoms with Gasteiger partial charge in [0.15, 0.2) is 6.29 Å². The summed E-state index contributed by atoms with van der Waals surface area (Å²) in [5, 5.41) is 17.3. The molecule has 0 rings (SSSR count). The first-order valence-corrected chi connectivity index (χ1v) is 4.52. The van der Waals surface area contributed by atoms with Crippen LogP contribution in [0.15, 0.2) is 11.6 Å². The fraction of sp³-hybridized carbons (Fsp3) is 0.800. The molecule has 0 spiro atoms. The van der Waals surface area contributed by atoms with Crippen molar-refractivity contribution in [2.75, 3.05) is 0 Å². The second-order valence-corrected chi connectivity index (χ2v) is 3.68. The second kappa shape index (κ2) is 6.21. The molecule has 0 saturated carbocycles. The zero-order valence-corrected chi connectivity index (χ0v) is 8.25. The summed E-state index contributed by atoms with van der Waals surface area (Å²) in [5.41, 5.74) is 1.33. The normalized spacial score (nSPS) is 13.2. The Morgan fingerprint density at radius 1 is 1.33 bits per heavy atom. The summed E-state index contributed by atoms with van der Waals surface area (Å²) >= 11 is 0. The minimum Gasteiger partial charge on any atom is -0.368 e. The predicted molar refractivity (Wildman–Crippen MR) is 50.7 cm³/mol. The molecule has 0 heterocycles. The van der Waals surface area contributed by atoms with Crippen molar-refractivity contribution in [3.05, 3.63) is 11.6 Å². The van der Waals surface area contributed by atoms with Gasteiger partial charge < -0.3 is 10.2 Å². The maximum atomic E-state index is 8.67. The van der Waals surface area contributed by atoms with Crippen LogP contribution in [0.3, 0.4) is 0 Å². The van der Waals surface area contributed by atoms with Crippen LogP contribution in [-0.2, 0) is 0 Å². The zero-order chi connectivity index (χ0) is 9.56. The van der Waals surface area contributed by atoms with Gasteiger partial charge in [-0.25, -0.2) is 0 Å². The first kappa shape index (κ1) is 11.7. The summed E-state index contributed by atoms with van der Waals surface area (Å²) in [6, 6.07) is 0.